The van der Waals surface area contributed by atoms with Crippen molar-refractivity contribution in [2.24, 2.45) is 0 Å². The summed E-state index contributed by atoms with van der Waals surface area (Å²) < 4.78 is 13.9. The van der Waals surface area contributed by atoms with E-state index in [4.69, 9.17) is 4.98 Å². The lowest BCUT2D eigenvalue weighted by Gasteiger charge is -2.48. The summed E-state index contributed by atoms with van der Waals surface area (Å²) in [5.74, 6) is 0. The molecule has 1 saturated heterocycles. The summed E-state index contributed by atoms with van der Waals surface area (Å²) >= 11 is 0. The van der Waals surface area contributed by atoms with Crippen molar-refractivity contribution in [3.63, 3.8) is 0 Å². The van der Waals surface area contributed by atoms with Gasteiger partial charge < -0.3 is 14.7 Å². The maximum atomic E-state index is 13.9. The second-order valence-electron chi connectivity index (χ2n) is 9.94. The highest BCUT2D eigenvalue weighted by atomic mass is 19.1. The molecule has 1 aliphatic carbocycles. The van der Waals surface area contributed by atoms with E-state index in [1.54, 1.807) is 6.07 Å². The number of carbonyl (C=O) groups excluding carboxylic acids is 1. The van der Waals surface area contributed by atoms with Gasteiger partial charge in [-0.1, -0.05) is 30.3 Å². The third-order valence-corrected chi connectivity index (χ3v) is 7.77. The van der Waals surface area contributed by atoms with Crippen LogP contribution in [-0.4, -0.2) is 77.7 Å². The summed E-state index contributed by atoms with van der Waals surface area (Å²) in [4.78, 5) is 26.2. The van der Waals surface area contributed by atoms with E-state index in [0.29, 0.717) is 28.7 Å². The van der Waals surface area contributed by atoms with Crippen LogP contribution in [0.1, 0.15) is 23.2 Å². The number of halogens is 1. The average molecular weight is 472 g/mol. The first-order valence-corrected chi connectivity index (χ1v) is 12.4. The fourth-order valence-corrected chi connectivity index (χ4v) is 5.47. The van der Waals surface area contributed by atoms with Gasteiger partial charge in [-0.15, -0.1) is 0 Å². The lowest BCUT2D eigenvalue weighted by molar-refractivity contribution is 0.0263. The van der Waals surface area contributed by atoms with Gasteiger partial charge in [0.25, 0.3) is 0 Å². The molecule has 3 aliphatic rings. The number of anilines is 1. The molecular formula is C28H30FN5O. The number of aromatic nitrogens is 1. The number of pyridine rings is 1. The van der Waals surface area contributed by atoms with Gasteiger partial charge in [0, 0.05) is 67.3 Å². The van der Waals surface area contributed by atoms with Gasteiger partial charge in [0.1, 0.15) is 0 Å². The number of fused-ring (bicyclic) bond motifs is 1. The highest BCUT2D eigenvalue weighted by molar-refractivity contribution is 6.04. The van der Waals surface area contributed by atoms with E-state index in [2.05, 4.69) is 39.0 Å². The van der Waals surface area contributed by atoms with Crippen molar-refractivity contribution >= 4 is 22.6 Å². The number of piperazine rings is 1. The number of hydrogen-bond acceptors (Lipinski definition) is 6. The van der Waals surface area contributed by atoms with Gasteiger partial charge in [0.2, 0.25) is 0 Å². The molecule has 6 rings (SSSR count). The molecule has 35 heavy (non-hydrogen) atoms. The highest BCUT2D eigenvalue weighted by Crippen LogP contribution is 2.34. The van der Waals surface area contributed by atoms with E-state index < -0.39 is 6.04 Å². The molecule has 0 N–H and O–H groups in total. The van der Waals surface area contributed by atoms with Gasteiger partial charge >= 0.3 is 6.04 Å². The minimum Gasteiger partial charge on any atom is -0.355 e. The van der Waals surface area contributed by atoms with Crippen LogP contribution in [0.3, 0.4) is 0 Å². The smallest absolute Gasteiger partial charge is 0.332 e. The van der Waals surface area contributed by atoms with Crippen LogP contribution in [0, 0.1) is 0 Å². The first-order valence-electron chi connectivity index (χ1n) is 12.4. The Morgan fingerprint density at radius 1 is 0.943 bits per heavy atom. The Hall–Kier alpha value is -3.29. The van der Waals surface area contributed by atoms with Crippen molar-refractivity contribution in [3.05, 3.63) is 72.6 Å². The zero-order valence-corrected chi connectivity index (χ0v) is 20.0. The normalized spacial score (nSPS) is 23.1. The molecule has 0 unspecified atom stereocenters. The average Bonchev–Trinajstić information content (AvgIpc) is 3.33. The Morgan fingerprint density at radius 2 is 1.71 bits per heavy atom. The van der Waals surface area contributed by atoms with Crippen molar-refractivity contribution in [2.45, 2.75) is 24.9 Å². The Balaban J connectivity index is 1.18. The minimum absolute atomic E-state index is 0.0587. The third kappa shape index (κ3) is 4.30. The van der Waals surface area contributed by atoms with Gasteiger partial charge in [0.05, 0.1) is 23.4 Å². The summed E-state index contributed by atoms with van der Waals surface area (Å²) in [5.41, 5.74) is 3.12. The predicted octanol–water partition coefficient (Wildman–Crippen LogP) is 4.34. The lowest BCUT2D eigenvalue weighted by Crippen LogP contribution is -2.57. The second kappa shape index (κ2) is 9.06. The minimum atomic E-state index is -1.44. The third-order valence-electron chi connectivity index (χ3n) is 7.77. The van der Waals surface area contributed by atoms with Crippen LogP contribution < -0.4 is 4.90 Å². The van der Waals surface area contributed by atoms with Crippen molar-refractivity contribution in [1.82, 2.24) is 19.7 Å². The summed E-state index contributed by atoms with van der Waals surface area (Å²) in [6.07, 6.45) is 6.71. The Kier molecular flexibility index (Phi) is 5.74. The largest absolute Gasteiger partial charge is 0.355 e. The van der Waals surface area contributed by atoms with Crippen LogP contribution in [-0.2, 0) is 0 Å². The van der Waals surface area contributed by atoms with Gasteiger partial charge in [-0.05, 0) is 44.2 Å². The summed E-state index contributed by atoms with van der Waals surface area (Å²) in [7, 11) is 2.20. The molecule has 2 aliphatic heterocycles. The first kappa shape index (κ1) is 22.2. The lowest BCUT2D eigenvalue weighted by atomic mass is 9.84. The van der Waals surface area contributed by atoms with Gasteiger partial charge in [-0.2, -0.15) is 4.39 Å². The number of rotatable bonds is 5. The van der Waals surface area contributed by atoms with Crippen LogP contribution in [0.25, 0.3) is 22.2 Å². The molecule has 2 fully saturated rings. The van der Waals surface area contributed by atoms with Crippen molar-refractivity contribution < 1.29 is 9.18 Å². The zero-order chi connectivity index (χ0) is 23.9. The van der Waals surface area contributed by atoms with Crippen LogP contribution in [0.4, 0.5) is 10.1 Å². The molecule has 0 atom stereocenters. The molecule has 1 saturated carbocycles. The van der Waals surface area contributed by atoms with E-state index in [9.17, 15) is 9.18 Å². The molecule has 0 spiro atoms. The summed E-state index contributed by atoms with van der Waals surface area (Å²) in [5, 5.41) is 0.537. The van der Waals surface area contributed by atoms with Crippen LogP contribution in [0.15, 0.2) is 67.0 Å². The number of benzene rings is 2. The Bertz CT molecular complexity index is 1270. The zero-order valence-electron chi connectivity index (χ0n) is 20.0. The topological polar surface area (TPSA) is 42.9 Å². The van der Waals surface area contributed by atoms with E-state index in [0.717, 1.165) is 31.0 Å². The number of likely N-dealkylation sites (N-methyl/N-ethyl adjacent to an activating group) is 1. The molecule has 3 heterocycles. The van der Waals surface area contributed by atoms with Gasteiger partial charge in [0.15, 0.2) is 0 Å². The molecule has 180 valence electrons. The molecule has 0 amide bonds. The maximum Gasteiger partial charge on any atom is 0.332 e. The van der Waals surface area contributed by atoms with E-state index in [1.807, 2.05) is 48.5 Å². The predicted molar refractivity (Wildman–Crippen MR) is 137 cm³/mol. The number of hydrogen-bond donors (Lipinski definition) is 0. The SMILES string of the molecule is CN1CCN(C2CC(N3C=CN(c4ccc5c(C(=O)F)cc(-c6ccccc6)nc5c4)C3)C2)CC1. The molecule has 6 nitrogen and oxygen atoms in total. The van der Waals surface area contributed by atoms with Crippen molar-refractivity contribution in [2.75, 3.05) is 44.8 Å². The van der Waals surface area contributed by atoms with Crippen LogP contribution in [0.2, 0.25) is 0 Å². The van der Waals surface area contributed by atoms with Crippen molar-refractivity contribution in [3.8, 4) is 11.3 Å². The van der Waals surface area contributed by atoms with E-state index in [1.165, 1.54) is 25.9 Å². The van der Waals surface area contributed by atoms with Crippen LogP contribution in [0.5, 0.6) is 0 Å². The molecule has 1 aromatic heterocycles. The number of carbonyl (C=O) groups is 1. The highest BCUT2D eigenvalue weighted by Gasteiger charge is 2.38. The number of nitrogens with zero attached hydrogens (tertiary/aromatic N) is 5. The van der Waals surface area contributed by atoms with E-state index >= 15 is 0 Å². The fraction of sp³-hybridized carbons (Fsp3) is 0.357. The Morgan fingerprint density at radius 3 is 2.46 bits per heavy atom. The molecule has 0 bridgehead atoms. The quantitative estimate of drug-likeness (QED) is 0.516. The molecule has 0 radical (unpaired) electrons. The second-order valence-corrected chi connectivity index (χ2v) is 9.94. The van der Waals surface area contributed by atoms with Gasteiger partial charge in [-0.25, -0.2) is 4.98 Å². The monoisotopic (exact) mass is 471 g/mol. The molecular weight excluding hydrogens is 441 g/mol. The fourth-order valence-electron chi connectivity index (χ4n) is 5.47. The summed E-state index contributed by atoms with van der Waals surface area (Å²) in [6.45, 7) is 5.47. The maximum absolute atomic E-state index is 13.9. The molecule has 7 heteroatoms. The standard InChI is InChI=1S/C28H30FN5O/c1-31-9-11-32(12-10-31)22-15-23(16-22)34-14-13-33(19-34)21-7-8-24-25(28(29)35)18-26(30-27(24)17-21)20-5-3-2-4-6-20/h2-8,13-14,17-18,22-23H,9-12,15-16,19H2,1H3. The molecule has 3 aromatic rings. The summed E-state index contributed by atoms with van der Waals surface area (Å²) in [6, 6.07) is 16.7. The molecule has 2 aromatic carbocycles. The van der Waals surface area contributed by atoms with Crippen LogP contribution >= 0.6 is 0 Å². The first-order chi connectivity index (χ1) is 17.0. The van der Waals surface area contributed by atoms with Crippen molar-refractivity contribution in [1.29, 1.82) is 0 Å². The Labute approximate surface area is 205 Å². The van der Waals surface area contributed by atoms with E-state index in [-0.39, 0.29) is 5.56 Å². The van der Waals surface area contributed by atoms with Gasteiger partial charge in [-0.3, -0.25) is 9.69 Å².